The zero-order chi connectivity index (χ0) is 13.7. The highest BCUT2D eigenvalue weighted by atomic mass is 35.5. The first-order valence-electron chi connectivity index (χ1n) is 7.06. The molecular formula is C15H23ClN2O. The van der Waals surface area contributed by atoms with Crippen molar-refractivity contribution in [3.63, 3.8) is 0 Å². The van der Waals surface area contributed by atoms with E-state index in [-0.39, 0.29) is 0 Å². The molecule has 4 heteroatoms. The summed E-state index contributed by atoms with van der Waals surface area (Å²) in [6.07, 6.45) is 1.02. The van der Waals surface area contributed by atoms with Gasteiger partial charge in [0.05, 0.1) is 6.61 Å². The molecule has 0 radical (unpaired) electrons. The highest BCUT2D eigenvalue weighted by molar-refractivity contribution is 6.30. The molecule has 19 heavy (non-hydrogen) atoms. The number of piperazine rings is 1. The second-order valence-electron chi connectivity index (χ2n) is 5.19. The first-order valence-corrected chi connectivity index (χ1v) is 7.43. The Bertz CT molecular complexity index is 411. The first-order chi connectivity index (χ1) is 9.19. The summed E-state index contributed by atoms with van der Waals surface area (Å²) in [5, 5.41) is 4.24. The van der Waals surface area contributed by atoms with Crippen LogP contribution in [0.25, 0.3) is 0 Å². The Morgan fingerprint density at radius 3 is 3.05 bits per heavy atom. The summed E-state index contributed by atoms with van der Waals surface area (Å²) >= 11 is 6.11. The molecule has 2 rings (SSSR count). The van der Waals surface area contributed by atoms with Gasteiger partial charge < -0.3 is 10.1 Å². The molecule has 1 aliphatic heterocycles. The minimum atomic E-state index is 0.549. The standard InChI is InChI=1S/C15H23ClN2O/c1-3-8-19-15-5-4-14(16)9-13(15)11-18-7-6-17-12(2)10-18/h4-5,9,12,17H,3,6-8,10-11H2,1-2H3. The van der Waals surface area contributed by atoms with Crippen LogP contribution in [0.3, 0.4) is 0 Å². The zero-order valence-electron chi connectivity index (χ0n) is 11.8. The first kappa shape index (κ1) is 14.6. The molecular weight excluding hydrogens is 260 g/mol. The van der Waals surface area contributed by atoms with Crippen molar-refractivity contribution >= 4 is 11.6 Å². The van der Waals surface area contributed by atoms with Gasteiger partial charge in [-0.2, -0.15) is 0 Å². The number of nitrogens with one attached hydrogen (secondary N) is 1. The predicted octanol–water partition coefficient (Wildman–Crippen LogP) is 2.92. The molecule has 0 aromatic heterocycles. The lowest BCUT2D eigenvalue weighted by atomic mass is 10.1. The molecule has 1 N–H and O–H groups in total. The van der Waals surface area contributed by atoms with E-state index in [4.69, 9.17) is 16.3 Å². The van der Waals surface area contributed by atoms with Gasteiger partial charge in [-0.3, -0.25) is 4.90 Å². The van der Waals surface area contributed by atoms with Crippen molar-refractivity contribution in [2.45, 2.75) is 32.9 Å². The third-order valence-electron chi connectivity index (χ3n) is 3.33. The van der Waals surface area contributed by atoms with E-state index in [1.54, 1.807) is 0 Å². The van der Waals surface area contributed by atoms with Crippen LogP contribution in [0.2, 0.25) is 5.02 Å². The highest BCUT2D eigenvalue weighted by Gasteiger charge is 2.17. The molecule has 1 saturated heterocycles. The van der Waals surface area contributed by atoms with Gasteiger partial charge in [0.15, 0.2) is 0 Å². The lowest BCUT2D eigenvalue weighted by molar-refractivity contribution is 0.196. The summed E-state index contributed by atoms with van der Waals surface area (Å²) in [4.78, 5) is 2.45. The normalized spacial score (nSPS) is 20.5. The number of nitrogens with zero attached hydrogens (tertiary/aromatic N) is 1. The fourth-order valence-electron chi connectivity index (χ4n) is 2.42. The number of rotatable bonds is 5. The van der Waals surface area contributed by atoms with Crippen LogP contribution in [0.5, 0.6) is 5.75 Å². The fraction of sp³-hybridized carbons (Fsp3) is 0.600. The van der Waals surface area contributed by atoms with Crippen molar-refractivity contribution in [2.24, 2.45) is 0 Å². The van der Waals surface area contributed by atoms with Crippen LogP contribution in [0.1, 0.15) is 25.8 Å². The average Bonchev–Trinajstić information content (AvgIpc) is 2.38. The van der Waals surface area contributed by atoms with Crippen LogP contribution in [0.15, 0.2) is 18.2 Å². The van der Waals surface area contributed by atoms with Crippen LogP contribution in [-0.2, 0) is 6.54 Å². The second-order valence-corrected chi connectivity index (χ2v) is 5.63. The van der Waals surface area contributed by atoms with E-state index < -0.39 is 0 Å². The van der Waals surface area contributed by atoms with E-state index in [2.05, 4.69) is 24.1 Å². The van der Waals surface area contributed by atoms with Crippen LogP contribution < -0.4 is 10.1 Å². The molecule has 1 fully saturated rings. The van der Waals surface area contributed by atoms with E-state index >= 15 is 0 Å². The maximum Gasteiger partial charge on any atom is 0.123 e. The summed E-state index contributed by atoms with van der Waals surface area (Å²) in [5.41, 5.74) is 1.19. The van der Waals surface area contributed by atoms with Gasteiger partial charge in [0, 0.05) is 42.8 Å². The van der Waals surface area contributed by atoms with E-state index in [1.807, 2.05) is 18.2 Å². The third kappa shape index (κ3) is 4.37. The number of hydrogen-bond donors (Lipinski definition) is 1. The third-order valence-corrected chi connectivity index (χ3v) is 3.57. The monoisotopic (exact) mass is 282 g/mol. The van der Waals surface area contributed by atoms with Gasteiger partial charge in [-0.15, -0.1) is 0 Å². The van der Waals surface area contributed by atoms with Crippen LogP contribution >= 0.6 is 11.6 Å². The van der Waals surface area contributed by atoms with Crippen molar-refractivity contribution in [3.8, 4) is 5.75 Å². The molecule has 1 unspecified atom stereocenters. The average molecular weight is 283 g/mol. The molecule has 1 atom stereocenters. The molecule has 106 valence electrons. The van der Waals surface area contributed by atoms with Gasteiger partial charge in [-0.1, -0.05) is 18.5 Å². The van der Waals surface area contributed by atoms with Crippen molar-refractivity contribution in [2.75, 3.05) is 26.2 Å². The van der Waals surface area contributed by atoms with Crippen molar-refractivity contribution in [3.05, 3.63) is 28.8 Å². The number of halogens is 1. The molecule has 0 spiro atoms. The van der Waals surface area contributed by atoms with Crippen LogP contribution in [0, 0.1) is 0 Å². The Hall–Kier alpha value is -0.770. The van der Waals surface area contributed by atoms with Crippen molar-refractivity contribution in [1.29, 1.82) is 0 Å². The molecule has 0 bridgehead atoms. The van der Waals surface area contributed by atoms with Crippen molar-refractivity contribution < 1.29 is 4.74 Å². The van der Waals surface area contributed by atoms with E-state index in [9.17, 15) is 0 Å². The zero-order valence-corrected chi connectivity index (χ0v) is 12.5. The SMILES string of the molecule is CCCOc1ccc(Cl)cc1CN1CCNC(C)C1. The van der Waals surface area contributed by atoms with Gasteiger partial charge >= 0.3 is 0 Å². The predicted molar refractivity (Wildman–Crippen MR) is 80.0 cm³/mol. The minimum Gasteiger partial charge on any atom is -0.493 e. The largest absolute Gasteiger partial charge is 0.493 e. The Balaban J connectivity index is 2.06. The minimum absolute atomic E-state index is 0.549. The number of ether oxygens (including phenoxy) is 1. The Labute approximate surface area is 120 Å². The Morgan fingerprint density at radius 2 is 2.32 bits per heavy atom. The van der Waals surface area contributed by atoms with Crippen LogP contribution in [0.4, 0.5) is 0 Å². The molecule has 3 nitrogen and oxygen atoms in total. The van der Waals surface area contributed by atoms with Gasteiger partial charge in [0.2, 0.25) is 0 Å². The summed E-state index contributed by atoms with van der Waals surface area (Å²) < 4.78 is 5.81. The van der Waals surface area contributed by atoms with Crippen molar-refractivity contribution in [1.82, 2.24) is 10.2 Å². The van der Waals surface area contributed by atoms with E-state index in [1.165, 1.54) is 5.56 Å². The lowest BCUT2D eigenvalue weighted by Crippen LogP contribution is -2.48. The Kier molecular flexibility index (Phi) is 5.49. The fourth-order valence-corrected chi connectivity index (χ4v) is 2.62. The molecule has 0 aliphatic carbocycles. The molecule has 1 aromatic rings. The van der Waals surface area contributed by atoms with E-state index in [0.29, 0.717) is 6.04 Å². The summed E-state index contributed by atoms with van der Waals surface area (Å²) in [6.45, 7) is 9.20. The molecule has 1 heterocycles. The van der Waals surface area contributed by atoms with Gasteiger partial charge in [-0.05, 0) is 31.5 Å². The molecule has 1 aliphatic rings. The van der Waals surface area contributed by atoms with Gasteiger partial charge in [-0.25, -0.2) is 0 Å². The van der Waals surface area contributed by atoms with E-state index in [0.717, 1.165) is 50.0 Å². The maximum absolute atomic E-state index is 6.11. The Morgan fingerprint density at radius 1 is 1.47 bits per heavy atom. The number of benzene rings is 1. The molecule has 0 saturated carbocycles. The quantitative estimate of drug-likeness (QED) is 0.899. The molecule has 1 aromatic carbocycles. The second kappa shape index (κ2) is 7.13. The van der Waals surface area contributed by atoms with Gasteiger partial charge in [0.1, 0.15) is 5.75 Å². The smallest absolute Gasteiger partial charge is 0.123 e. The number of hydrogen-bond acceptors (Lipinski definition) is 3. The van der Waals surface area contributed by atoms with Gasteiger partial charge in [0.25, 0.3) is 0 Å². The molecule has 0 amide bonds. The topological polar surface area (TPSA) is 24.5 Å². The summed E-state index contributed by atoms with van der Waals surface area (Å²) in [7, 11) is 0. The van der Waals surface area contributed by atoms with Crippen LogP contribution in [-0.4, -0.2) is 37.2 Å². The summed E-state index contributed by atoms with van der Waals surface area (Å²) in [5.74, 6) is 0.970. The lowest BCUT2D eigenvalue weighted by Gasteiger charge is -2.32. The summed E-state index contributed by atoms with van der Waals surface area (Å²) in [6, 6.07) is 6.46. The maximum atomic E-state index is 6.11. The highest BCUT2D eigenvalue weighted by Crippen LogP contribution is 2.25.